The molecule has 0 aliphatic carbocycles. The van der Waals surface area contributed by atoms with Gasteiger partial charge in [0.25, 0.3) is 0 Å². The first kappa shape index (κ1) is 24.1. The lowest BCUT2D eigenvalue weighted by Crippen LogP contribution is -2.40. The van der Waals surface area contributed by atoms with Crippen LogP contribution in [0, 0.1) is 11.8 Å². The van der Waals surface area contributed by atoms with Crippen LogP contribution in [0.25, 0.3) is 5.65 Å². The fourth-order valence-corrected chi connectivity index (χ4v) is 4.61. The fourth-order valence-electron chi connectivity index (χ4n) is 4.61. The second-order valence-electron chi connectivity index (χ2n) is 10.3. The highest BCUT2D eigenvalue weighted by atomic mass is 16.3. The summed E-state index contributed by atoms with van der Waals surface area (Å²) in [4.78, 5) is 32.6. The van der Waals surface area contributed by atoms with E-state index in [0.29, 0.717) is 41.6 Å². The van der Waals surface area contributed by atoms with Crippen molar-refractivity contribution in [3.8, 4) is 0 Å². The van der Waals surface area contributed by atoms with Crippen molar-refractivity contribution in [1.82, 2.24) is 14.6 Å². The molecule has 0 saturated carbocycles. The number of benzene rings is 1. The fraction of sp³-hybridized carbons (Fsp3) is 0.481. The summed E-state index contributed by atoms with van der Waals surface area (Å²) in [6, 6.07) is 10.8. The Bertz CT molecular complexity index is 1170. The topological polar surface area (TPSA) is 87.8 Å². The Hall–Kier alpha value is -3.06. The lowest BCUT2D eigenvalue weighted by molar-refractivity contribution is -0.123. The Labute approximate surface area is 200 Å². The summed E-state index contributed by atoms with van der Waals surface area (Å²) in [6.45, 7) is 9.11. The van der Waals surface area contributed by atoms with E-state index in [1.54, 1.807) is 48.8 Å². The number of carbonyl (C=O) groups excluding carboxylic acids is 2. The molecule has 7 heteroatoms. The molecule has 0 radical (unpaired) electrons. The number of fused-ring (bicyclic) bond motifs is 1. The molecule has 1 atom stereocenters. The van der Waals surface area contributed by atoms with Gasteiger partial charge in [-0.3, -0.25) is 9.59 Å². The van der Waals surface area contributed by atoms with Gasteiger partial charge in [0.1, 0.15) is 11.6 Å². The average molecular weight is 463 g/mol. The summed E-state index contributed by atoms with van der Waals surface area (Å²) in [7, 11) is 0. The van der Waals surface area contributed by atoms with Crippen molar-refractivity contribution in [1.29, 1.82) is 0 Å². The molecule has 1 aliphatic heterocycles. The van der Waals surface area contributed by atoms with Gasteiger partial charge in [-0.25, -0.2) is 4.98 Å². The lowest BCUT2D eigenvalue weighted by atomic mass is 9.89. The number of hydrogen-bond acceptors (Lipinski definition) is 6. The summed E-state index contributed by atoms with van der Waals surface area (Å²) < 4.78 is 1.79. The van der Waals surface area contributed by atoms with Gasteiger partial charge in [0, 0.05) is 43.1 Å². The first-order chi connectivity index (χ1) is 16.1. The maximum Gasteiger partial charge on any atom is 0.168 e. The molecule has 34 heavy (non-hydrogen) atoms. The van der Waals surface area contributed by atoms with Crippen molar-refractivity contribution in [3.05, 3.63) is 59.4 Å². The van der Waals surface area contributed by atoms with E-state index in [2.05, 4.69) is 28.8 Å². The first-order valence-corrected chi connectivity index (χ1v) is 12.1. The van der Waals surface area contributed by atoms with Gasteiger partial charge in [-0.2, -0.15) is 9.61 Å². The minimum Gasteiger partial charge on any atom is -0.386 e. The minimum atomic E-state index is -0.950. The van der Waals surface area contributed by atoms with E-state index in [4.69, 9.17) is 0 Å². The number of aliphatic hydroxyl groups is 1. The molecule has 1 fully saturated rings. The quantitative estimate of drug-likeness (QED) is 0.505. The highest BCUT2D eigenvalue weighted by Crippen LogP contribution is 2.27. The maximum atomic E-state index is 13.0. The Balaban J connectivity index is 1.56. The SMILES string of the molecule is CC(C)CC(=O)[C@@H]1CCCN(c2cc(CC(=O)c3ccc(C(C)(C)O)cc3)nc3ccnn23)C1. The highest BCUT2D eigenvalue weighted by Gasteiger charge is 2.28. The summed E-state index contributed by atoms with van der Waals surface area (Å²) in [5.41, 5.74) is 1.76. The Morgan fingerprint density at radius 3 is 2.59 bits per heavy atom. The zero-order valence-electron chi connectivity index (χ0n) is 20.5. The number of hydrogen-bond donors (Lipinski definition) is 1. The summed E-state index contributed by atoms with van der Waals surface area (Å²) in [5.74, 6) is 1.55. The molecule has 1 aliphatic rings. The van der Waals surface area contributed by atoms with Crippen LogP contribution in [0.5, 0.6) is 0 Å². The molecule has 2 aromatic heterocycles. The van der Waals surface area contributed by atoms with Crippen molar-refractivity contribution < 1.29 is 14.7 Å². The third kappa shape index (κ3) is 5.36. The van der Waals surface area contributed by atoms with Crippen molar-refractivity contribution in [3.63, 3.8) is 0 Å². The number of aromatic nitrogens is 3. The summed E-state index contributed by atoms with van der Waals surface area (Å²) >= 11 is 0. The number of ketones is 2. The maximum absolute atomic E-state index is 13.0. The standard InChI is InChI=1S/C27H34N4O3/c1-18(2)14-23(32)20-6-5-13-30(17-20)26-16-22(29-25-11-12-28-31(25)26)15-24(33)19-7-9-21(10-8-19)27(3,4)34/h7-12,16,18,20,34H,5-6,13-15,17H2,1-4H3/t20-/m1/s1. The van der Waals surface area contributed by atoms with Crippen LogP contribution >= 0.6 is 0 Å². The molecule has 7 nitrogen and oxygen atoms in total. The Morgan fingerprint density at radius 1 is 1.18 bits per heavy atom. The molecule has 4 rings (SSSR count). The van der Waals surface area contributed by atoms with Gasteiger partial charge in [-0.1, -0.05) is 38.1 Å². The van der Waals surface area contributed by atoms with Crippen molar-refractivity contribution in [2.75, 3.05) is 18.0 Å². The normalized spacial score (nSPS) is 16.9. The monoisotopic (exact) mass is 462 g/mol. The minimum absolute atomic E-state index is 0.0225. The number of Topliss-reactive ketones (excluding diaryl/α,β-unsaturated/α-hetero) is 2. The zero-order valence-corrected chi connectivity index (χ0v) is 20.5. The number of carbonyl (C=O) groups is 2. The first-order valence-electron chi connectivity index (χ1n) is 12.1. The van der Waals surface area contributed by atoms with Crippen LogP contribution in [0.15, 0.2) is 42.6 Å². The number of anilines is 1. The van der Waals surface area contributed by atoms with Gasteiger partial charge in [0.2, 0.25) is 0 Å². The molecule has 0 spiro atoms. The van der Waals surface area contributed by atoms with Crippen LogP contribution < -0.4 is 4.90 Å². The molecular formula is C27H34N4O3. The molecule has 1 saturated heterocycles. The van der Waals surface area contributed by atoms with Crippen LogP contribution in [-0.4, -0.2) is 44.4 Å². The summed E-state index contributed by atoms with van der Waals surface area (Å²) in [5, 5.41) is 14.6. The molecule has 0 bridgehead atoms. The molecule has 0 amide bonds. The van der Waals surface area contributed by atoms with E-state index in [9.17, 15) is 14.7 Å². The highest BCUT2D eigenvalue weighted by molar-refractivity contribution is 5.97. The van der Waals surface area contributed by atoms with Gasteiger partial charge in [0.05, 0.1) is 23.9 Å². The average Bonchev–Trinajstić information content (AvgIpc) is 3.26. The van der Waals surface area contributed by atoms with Gasteiger partial charge in [-0.15, -0.1) is 0 Å². The Morgan fingerprint density at radius 2 is 1.91 bits per heavy atom. The van der Waals surface area contributed by atoms with Crippen LogP contribution in [0.2, 0.25) is 0 Å². The molecule has 180 valence electrons. The molecule has 3 aromatic rings. The number of nitrogens with zero attached hydrogens (tertiary/aromatic N) is 4. The molecule has 1 aromatic carbocycles. The van der Waals surface area contributed by atoms with Crippen LogP contribution in [-0.2, 0) is 16.8 Å². The zero-order chi connectivity index (χ0) is 24.5. The largest absolute Gasteiger partial charge is 0.386 e. The Kier molecular flexibility index (Phi) is 6.84. The van der Waals surface area contributed by atoms with Gasteiger partial charge in [0.15, 0.2) is 11.4 Å². The van der Waals surface area contributed by atoms with E-state index in [-0.39, 0.29) is 18.1 Å². The van der Waals surface area contributed by atoms with Crippen molar-refractivity contribution >= 4 is 23.0 Å². The second kappa shape index (κ2) is 9.66. The third-order valence-electron chi connectivity index (χ3n) is 6.46. The van der Waals surface area contributed by atoms with Crippen molar-refractivity contribution in [2.24, 2.45) is 11.8 Å². The van der Waals surface area contributed by atoms with E-state index >= 15 is 0 Å². The van der Waals surface area contributed by atoms with Crippen LogP contribution in [0.1, 0.15) is 68.6 Å². The lowest BCUT2D eigenvalue weighted by Gasteiger charge is -2.34. The third-order valence-corrected chi connectivity index (χ3v) is 6.46. The summed E-state index contributed by atoms with van der Waals surface area (Å²) in [6.07, 6.45) is 4.35. The van der Waals surface area contributed by atoms with Crippen LogP contribution in [0.4, 0.5) is 5.82 Å². The van der Waals surface area contributed by atoms with E-state index < -0.39 is 5.60 Å². The second-order valence-corrected chi connectivity index (χ2v) is 10.3. The molecule has 1 N–H and O–H groups in total. The number of piperidine rings is 1. The van der Waals surface area contributed by atoms with Gasteiger partial charge >= 0.3 is 0 Å². The van der Waals surface area contributed by atoms with E-state index in [1.165, 1.54) is 0 Å². The predicted octanol–water partition coefficient (Wildman–Crippen LogP) is 4.21. The molecular weight excluding hydrogens is 428 g/mol. The van der Waals surface area contributed by atoms with Gasteiger partial charge < -0.3 is 10.0 Å². The van der Waals surface area contributed by atoms with E-state index in [1.807, 2.05) is 12.1 Å². The van der Waals surface area contributed by atoms with Gasteiger partial charge in [-0.05, 0) is 38.2 Å². The van der Waals surface area contributed by atoms with E-state index in [0.717, 1.165) is 30.8 Å². The van der Waals surface area contributed by atoms with Crippen molar-refractivity contribution in [2.45, 2.75) is 59.0 Å². The van der Waals surface area contributed by atoms with Crippen LogP contribution in [0.3, 0.4) is 0 Å². The molecule has 0 unspecified atom stereocenters. The smallest absolute Gasteiger partial charge is 0.168 e. The predicted molar refractivity (Wildman–Crippen MR) is 132 cm³/mol. The molecule has 3 heterocycles. The number of rotatable bonds is 8.